The fourth-order valence-corrected chi connectivity index (χ4v) is 1.81. The lowest BCUT2D eigenvalue weighted by molar-refractivity contribution is 0.0994. The molecule has 0 fully saturated rings. The van der Waals surface area contributed by atoms with Crippen molar-refractivity contribution in [1.82, 2.24) is 0 Å². The van der Waals surface area contributed by atoms with Crippen molar-refractivity contribution in [2.75, 3.05) is 0 Å². The van der Waals surface area contributed by atoms with E-state index >= 15 is 0 Å². The summed E-state index contributed by atoms with van der Waals surface area (Å²) in [5.41, 5.74) is 2.25. The molecule has 1 aliphatic rings. The Labute approximate surface area is 80.7 Å². The number of ketones is 1. The van der Waals surface area contributed by atoms with Gasteiger partial charge in [0, 0.05) is 18.4 Å². The molecular formula is C11H10F2O. The highest BCUT2D eigenvalue weighted by Gasteiger charge is 2.19. The maximum absolute atomic E-state index is 12.1. The lowest BCUT2D eigenvalue weighted by atomic mass is 10.0. The SMILES string of the molecule is O=C1CCc2cc(CC(F)F)ccc21. The zero-order valence-corrected chi connectivity index (χ0v) is 7.59. The summed E-state index contributed by atoms with van der Waals surface area (Å²) in [6.07, 6.45) is -1.31. The van der Waals surface area contributed by atoms with Gasteiger partial charge in [-0.2, -0.15) is 0 Å². The van der Waals surface area contributed by atoms with Crippen LogP contribution in [0.25, 0.3) is 0 Å². The van der Waals surface area contributed by atoms with Crippen molar-refractivity contribution >= 4 is 5.78 Å². The number of halogens is 2. The second kappa shape index (κ2) is 3.48. The maximum Gasteiger partial charge on any atom is 0.242 e. The monoisotopic (exact) mass is 196 g/mol. The molecule has 1 aromatic carbocycles. The van der Waals surface area contributed by atoms with Crippen molar-refractivity contribution in [2.24, 2.45) is 0 Å². The molecule has 0 spiro atoms. The number of aryl methyl sites for hydroxylation is 1. The molecule has 0 heterocycles. The van der Waals surface area contributed by atoms with Gasteiger partial charge >= 0.3 is 0 Å². The number of benzene rings is 1. The molecule has 0 saturated heterocycles. The van der Waals surface area contributed by atoms with E-state index in [9.17, 15) is 13.6 Å². The van der Waals surface area contributed by atoms with Gasteiger partial charge in [0.1, 0.15) is 0 Å². The highest BCUT2D eigenvalue weighted by Crippen LogP contribution is 2.23. The number of Topliss-reactive ketones (excluding diaryl/α,β-unsaturated/α-hetero) is 1. The molecule has 0 unspecified atom stereocenters. The fraction of sp³-hybridized carbons (Fsp3) is 0.364. The van der Waals surface area contributed by atoms with Gasteiger partial charge in [0.25, 0.3) is 0 Å². The van der Waals surface area contributed by atoms with Crippen molar-refractivity contribution in [3.8, 4) is 0 Å². The normalized spacial score (nSPS) is 14.9. The van der Waals surface area contributed by atoms with E-state index in [1.165, 1.54) is 0 Å². The van der Waals surface area contributed by atoms with E-state index in [2.05, 4.69) is 0 Å². The molecule has 1 aliphatic carbocycles. The lowest BCUT2D eigenvalue weighted by Gasteiger charge is -2.03. The summed E-state index contributed by atoms with van der Waals surface area (Å²) in [4.78, 5) is 11.3. The van der Waals surface area contributed by atoms with E-state index in [0.717, 1.165) is 5.56 Å². The minimum Gasteiger partial charge on any atom is -0.294 e. The first-order chi connectivity index (χ1) is 6.66. The van der Waals surface area contributed by atoms with Crippen LogP contribution >= 0.6 is 0 Å². The van der Waals surface area contributed by atoms with Crippen LogP contribution < -0.4 is 0 Å². The molecule has 0 amide bonds. The first-order valence-corrected chi connectivity index (χ1v) is 4.60. The summed E-state index contributed by atoms with van der Waals surface area (Å²) in [6.45, 7) is 0. The van der Waals surface area contributed by atoms with Crippen LogP contribution in [-0.4, -0.2) is 12.2 Å². The first-order valence-electron chi connectivity index (χ1n) is 4.60. The number of rotatable bonds is 2. The van der Waals surface area contributed by atoms with Crippen molar-refractivity contribution in [3.63, 3.8) is 0 Å². The summed E-state index contributed by atoms with van der Waals surface area (Å²) in [5.74, 6) is 0.128. The zero-order valence-electron chi connectivity index (χ0n) is 7.59. The van der Waals surface area contributed by atoms with Crippen molar-refractivity contribution in [2.45, 2.75) is 25.7 Å². The number of hydrogen-bond donors (Lipinski definition) is 0. The molecule has 0 aromatic heterocycles. The summed E-state index contributed by atoms with van der Waals surface area (Å²) in [6, 6.07) is 5.02. The summed E-state index contributed by atoms with van der Waals surface area (Å²) >= 11 is 0. The molecule has 14 heavy (non-hydrogen) atoms. The molecule has 0 N–H and O–H groups in total. The van der Waals surface area contributed by atoms with Gasteiger partial charge < -0.3 is 0 Å². The Morgan fingerprint density at radius 2 is 2.07 bits per heavy atom. The van der Waals surface area contributed by atoms with Crippen LogP contribution in [0.5, 0.6) is 0 Å². The zero-order chi connectivity index (χ0) is 10.1. The van der Waals surface area contributed by atoms with E-state index < -0.39 is 6.43 Å². The molecule has 0 bridgehead atoms. The molecule has 74 valence electrons. The van der Waals surface area contributed by atoms with Crippen molar-refractivity contribution < 1.29 is 13.6 Å². The molecule has 2 rings (SSSR count). The largest absolute Gasteiger partial charge is 0.294 e. The van der Waals surface area contributed by atoms with Gasteiger partial charge in [-0.25, -0.2) is 8.78 Å². The van der Waals surface area contributed by atoms with Gasteiger partial charge in [0.2, 0.25) is 6.43 Å². The van der Waals surface area contributed by atoms with E-state index in [4.69, 9.17) is 0 Å². The van der Waals surface area contributed by atoms with Crippen molar-refractivity contribution in [3.05, 3.63) is 34.9 Å². The van der Waals surface area contributed by atoms with Gasteiger partial charge in [0.05, 0.1) is 0 Å². The third-order valence-electron chi connectivity index (χ3n) is 2.48. The third kappa shape index (κ3) is 1.67. The van der Waals surface area contributed by atoms with Crippen LogP contribution in [0.1, 0.15) is 27.9 Å². The molecule has 1 aromatic rings. The fourth-order valence-electron chi connectivity index (χ4n) is 1.81. The van der Waals surface area contributed by atoms with Gasteiger partial charge in [-0.15, -0.1) is 0 Å². The van der Waals surface area contributed by atoms with Crippen LogP contribution in [-0.2, 0) is 12.8 Å². The van der Waals surface area contributed by atoms with Gasteiger partial charge in [-0.3, -0.25) is 4.79 Å². The highest BCUT2D eigenvalue weighted by molar-refractivity contribution is 6.00. The number of alkyl halides is 2. The smallest absolute Gasteiger partial charge is 0.242 e. The van der Waals surface area contributed by atoms with Crippen LogP contribution in [0.3, 0.4) is 0 Å². The Morgan fingerprint density at radius 1 is 1.29 bits per heavy atom. The van der Waals surface area contributed by atoms with Crippen LogP contribution in [0.4, 0.5) is 8.78 Å². The molecule has 0 atom stereocenters. The minimum absolute atomic E-state index is 0.128. The first kappa shape index (κ1) is 9.31. The Balaban J connectivity index is 2.28. The van der Waals surface area contributed by atoms with Crippen LogP contribution in [0.15, 0.2) is 18.2 Å². The molecule has 0 saturated carbocycles. The standard InChI is InChI=1S/C11H10F2O/c12-11(13)6-7-1-3-9-8(5-7)2-4-10(9)14/h1,3,5,11H,2,4,6H2. The number of carbonyl (C=O) groups excluding carboxylic acids is 1. The van der Waals surface area contributed by atoms with E-state index in [0.29, 0.717) is 24.0 Å². The summed E-state index contributed by atoms with van der Waals surface area (Å²) in [5, 5.41) is 0. The quantitative estimate of drug-likeness (QED) is 0.710. The number of fused-ring (bicyclic) bond motifs is 1. The Bertz CT molecular complexity index is 372. The molecule has 0 radical (unpaired) electrons. The second-order valence-electron chi connectivity index (χ2n) is 3.51. The predicted octanol–water partition coefficient (Wildman–Crippen LogP) is 2.62. The van der Waals surface area contributed by atoms with E-state index in [1.54, 1.807) is 18.2 Å². The van der Waals surface area contributed by atoms with Gasteiger partial charge in [-0.05, 0) is 17.5 Å². The topological polar surface area (TPSA) is 17.1 Å². The molecule has 3 heteroatoms. The lowest BCUT2D eigenvalue weighted by Crippen LogP contribution is -1.98. The Hall–Kier alpha value is -1.25. The van der Waals surface area contributed by atoms with E-state index in [-0.39, 0.29) is 12.2 Å². The average Bonchev–Trinajstić information content (AvgIpc) is 2.46. The Kier molecular flexibility index (Phi) is 2.32. The summed E-state index contributed by atoms with van der Waals surface area (Å²) in [7, 11) is 0. The molecule has 1 nitrogen and oxygen atoms in total. The minimum atomic E-state index is -2.31. The number of carbonyl (C=O) groups is 1. The van der Waals surface area contributed by atoms with Gasteiger partial charge in [0.15, 0.2) is 5.78 Å². The van der Waals surface area contributed by atoms with Gasteiger partial charge in [-0.1, -0.05) is 18.2 Å². The maximum atomic E-state index is 12.1. The van der Waals surface area contributed by atoms with Crippen LogP contribution in [0, 0.1) is 0 Å². The average molecular weight is 196 g/mol. The second-order valence-corrected chi connectivity index (χ2v) is 3.51. The Morgan fingerprint density at radius 3 is 2.79 bits per heavy atom. The molecule has 0 aliphatic heterocycles. The third-order valence-corrected chi connectivity index (χ3v) is 2.48. The van der Waals surface area contributed by atoms with Crippen LogP contribution in [0.2, 0.25) is 0 Å². The number of hydrogen-bond acceptors (Lipinski definition) is 1. The van der Waals surface area contributed by atoms with Crippen molar-refractivity contribution in [1.29, 1.82) is 0 Å². The predicted molar refractivity (Wildman–Crippen MR) is 48.8 cm³/mol. The summed E-state index contributed by atoms with van der Waals surface area (Å²) < 4.78 is 24.2. The highest BCUT2D eigenvalue weighted by atomic mass is 19.3. The van der Waals surface area contributed by atoms with E-state index in [1.807, 2.05) is 0 Å². The molecular weight excluding hydrogens is 186 g/mol.